The van der Waals surface area contributed by atoms with Crippen LogP contribution in [-0.2, 0) is 0 Å². The topological polar surface area (TPSA) is 115 Å². The third-order valence-corrected chi connectivity index (χ3v) is 4.34. The van der Waals surface area contributed by atoms with Gasteiger partial charge in [-0.1, -0.05) is 18.2 Å². The second-order valence-corrected chi connectivity index (χ2v) is 5.88. The SMILES string of the molecule is COc1ccccc1C1=NC(N)=NC(c2ccc3c(N)n[nH]c3c2)C1. The molecule has 1 unspecified atom stereocenters. The Labute approximate surface area is 144 Å². The molecule has 4 rings (SSSR count). The molecule has 0 bridgehead atoms. The Morgan fingerprint density at radius 1 is 1.16 bits per heavy atom. The molecule has 1 atom stereocenters. The first-order valence-corrected chi connectivity index (χ1v) is 7.93. The first-order valence-electron chi connectivity index (χ1n) is 7.93. The van der Waals surface area contributed by atoms with E-state index in [1.54, 1.807) is 7.11 Å². The van der Waals surface area contributed by atoms with Crippen molar-refractivity contribution in [3.63, 3.8) is 0 Å². The van der Waals surface area contributed by atoms with Crippen LogP contribution in [0.4, 0.5) is 5.82 Å². The lowest BCUT2D eigenvalue weighted by molar-refractivity contribution is 0.413. The molecule has 1 aliphatic heterocycles. The van der Waals surface area contributed by atoms with Gasteiger partial charge in [0.25, 0.3) is 0 Å². The smallest absolute Gasteiger partial charge is 0.216 e. The van der Waals surface area contributed by atoms with Gasteiger partial charge in [-0.2, -0.15) is 5.10 Å². The van der Waals surface area contributed by atoms with E-state index in [4.69, 9.17) is 16.2 Å². The van der Waals surface area contributed by atoms with Gasteiger partial charge in [-0.15, -0.1) is 0 Å². The number of aliphatic imine (C=N–C) groups is 2. The average Bonchev–Trinajstić information content (AvgIpc) is 3.01. The molecule has 0 spiro atoms. The molecular weight excluding hydrogens is 316 g/mol. The van der Waals surface area contributed by atoms with Gasteiger partial charge < -0.3 is 16.2 Å². The zero-order valence-electron chi connectivity index (χ0n) is 13.7. The van der Waals surface area contributed by atoms with Gasteiger partial charge in [-0.05, 0) is 29.8 Å². The monoisotopic (exact) mass is 334 g/mol. The fraction of sp³-hybridized carbons (Fsp3) is 0.167. The van der Waals surface area contributed by atoms with E-state index >= 15 is 0 Å². The Bertz CT molecular complexity index is 1000. The molecule has 25 heavy (non-hydrogen) atoms. The van der Waals surface area contributed by atoms with Crippen molar-refractivity contribution >= 4 is 28.4 Å². The predicted octanol–water partition coefficient (Wildman–Crippen LogP) is 2.40. The van der Waals surface area contributed by atoms with Crippen LogP contribution in [0, 0.1) is 0 Å². The number of hydrogen-bond acceptors (Lipinski definition) is 6. The quantitative estimate of drug-likeness (QED) is 0.682. The number of nitrogens with one attached hydrogen (secondary N) is 1. The van der Waals surface area contributed by atoms with Gasteiger partial charge >= 0.3 is 0 Å². The Hall–Kier alpha value is -3.35. The molecule has 0 radical (unpaired) electrons. The van der Waals surface area contributed by atoms with Crippen molar-refractivity contribution in [3.05, 3.63) is 53.6 Å². The number of aromatic nitrogens is 2. The van der Waals surface area contributed by atoms with Crippen molar-refractivity contribution in [2.24, 2.45) is 15.7 Å². The average molecular weight is 334 g/mol. The zero-order valence-corrected chi connectivity index (χ0v) is 13.7. The molecule has 0 amide bonds. The lowest BCUT2D eigenvalue weighted by Crippen LogP contribution is -2.22. The first-order chi connectivity index (χ1) is 12.2. The summed E-state index contributed by atoms with van der Waals surface area (Å²) in [6, 6.07) is 13.6. The van der Waals surface area contributed by atoms with Crippen LogP contribution in [0.5, 0.6) is 5.75 Å². The minimum Gasteiger partial charge on any atom is -0.496 e. The summed E-state index contributed by atoms with van der Waals surface area (Å²) >= 11 is 0. The molecule has 3 aromatic rings. The molecule has 0 saturated heterocycles. The molecular formula is C18H18N6O. The molecule has 7 nitrogen and oxygen atoms in total. The van der Waals surface area contributed by atoms with Gasteiger partial charge in [-0.3, -0.25) is 5.10 Å². The van der Waals surface area contributed by atoms with Crippen molar-refractivity contribution in [1.82, 2.24) is 10.2 Å². The van der Waals surface area contributed by atoms with Crippen molar-refractivity contribution in [1.29, 1.82) is 0 Å². The second kappa shape index (κ2) is 5.94. The van der Waals surface area contributed by atoms with Gasteiger partial charge in [0.15, 0.2) is 5.82 Å². The fourth-order valence-corrected chi connectivity index (χ4v) is 3.11. The number of methoxy groups -OCH3 is 1. The van der Waals surface area contributed by atoms with E-state index in [2.05, 4.69) is 20.2 Å². The predicted molar refractivity (Wildman–Crippen MR) is 99.0 cm³/mol. The van der Waals surface area contributed by atoms with Gasteiger partial charge in [0.05, 0.1) is 24.4 Å². The molecule has 1 aliphatic rings. The summed E-state index contributed by atoms with van der Waals surface area (Å²) in [5, 5.41) is 7.87. The summed E-state index contributed by atoms with van der Waals surface area (Å²) in [4.78, 5) is 8.93. The number of anilines is 1. The number of ether oxygens (including phenoxy) is 1. The summed E-state index contributed by atoms with van der Waals surface area (Å²) in [7, 11) is 1.65. The van der Waals surface area contributed by atoms with Crippen molar-refractivity contribution in [2.75, 3.05) is 12.8 Å². The highest BCUT2D eigenvalue weighted by Gasteiger charge is 2.22. The molecule has 1 aromatic heterocycles. The Morgan fingerprint density at radius 3 is 2.84 bits per heavy atom. The molecule has 2 aromatic carbocycles. The zero-order chi connectivity index (χ0) is 17.4. The highest BCUT2D eigenvalue weighted by Crippen LogP contribution is 2.31. The summed E-state index contributed by atoms with van der Waals surface area (Å²) < 4.78 is 5.45. The van der Waals surface area contributed by atoms with Crippen LogP contribution in [0.2, 0.25) is 0 Å². The number of H-pyrrole nitrogens is 1. The Balaban J connectivity index is 1.71. The van der Waals surface area contributed by atoms with E-state index in [9.17, 15) is 0 Å². The maximum atomic E-state index is 5.98. The van der Waals surface area contributed by atoms with Crippen LogP contribution in [-0.4, -0.2) is 29.0 Å². The summed E-state index contributed by atoms with van der Waals surface area (Å²) in [6.45, 7) is 0. The van der Waals surface area contributed by atoms with Gasteiger partial charge in [0, 0.05) is 17.4 Å². The van der Waals surface area contributed by atoms with Crippen LogP contribution in [0.25, 0.3) is 10.9 Å². The first kappa shape index (κ1) is 15.2. The molecule has 126 valence electrons. The van der Waals surface area contributed by atoms with E-state index in [-0.39, 0.29) is 12.0 Å². The molecule has 7 heteroatoms. The number of benzene rings is 2. The number of guanidine groups is 1. The van der Waals surface area contributed by atoms with E-state index < -0.39 is 0 Å². The number of para-hydroxylation sites is 1. The third-order valence-electron chi connectivity index (χ3n) is 4.34. The standard InChI is InChI=1S/C18H18N6O/c1-25-16-5-3-2-4-11(16)14-9-13(21-18(20)22-14)10-6-7-12-15(8-10)23-24-17(12)19/h2-8,13H,9H2,1H3,(H2,20,21)(H3,19,23,24). The van der Waals surface area contributed by atoms with Crippen molar-refractivity contribution in [3.8, 4) is 5.75 Å². The number of rotatable bonds is 3. The summed E-state index contributed by atoms with van der Waals surface area (Å²) in [5.74, 6) is 1.53. The molecule has 2 heterocycles. The fourth-order valence-electron chi connectivity index (χ4n) is 3.11. The maximum Gasteiger partial charge on any atom is 0.216 e. The number of nitrogens with zero attached hydrogens (tertiary/aromatic N) is 3. The van der Waals surface area contributed by atoms with E-state index in [1.807, 2.05) is 42.5 Å². The molecule has 0 aliphatic carbocycles. The molecule has 0 saturated carbocycles. The van der Waals surface area contributed by atoms with Crippen molar-refractivity contribution in [2.45, 2.75) is 12.5 Å². The number of nitrogens with two attached hydrogens (primary N) is 2. The Kier molecular flexibility index (Phi) is 3.61. The molecule has 5 N–H and O–H groups in total. The molecule has 0 fully saturated rings. The van der Waals surface area contributed by atoms with Crippen LogP contribution in [0.15, 0.2) is 52.4 Å². The highest BCUT2D eigenvalue weighted by atomic mass is 16.5. The third kappa shape index (κ3) is 2.69. The largest absolute Gasteiger partial charge is 0.496 e. The highest BCUT2D eigenvalue weighted by molar-refractivity contribution is 6.10. The number of nitrogen functional groups attached to an aromatic ring is 1. The van der Waals surface area contributed by atoms with E-state index in [1.165, 1.54) is 0 Å². The number of aromatic amines is 1. The van der Waals surface area contributed by atoms with Crippen LogP contribution >= 0.6 is 0 Å². The summed E-state index contributed by atoms with van der Waals surface area (Å²) in [6.07, 6.45) is 0.635. The number of hydrogen-bond donors (Lipinski definition) is 3. The van der Waals surface area contributed by atoms with Crippen LogP contribution in [0.1, 0.15) is 23.6 Å². The lowest BCUT2D eigenvalue weighted by atomic mass is 9.95. The normalized spacial score (nSPS) is 17.2. The van der Waals surface area contributed by atoms with E-state index in [0.717, 1.165) is 33.5 Å². The van der Waals surface area contributed by atoms with E-state index in [0.29, 0.717) is 12.2 Å². The summed E-state index contributed by atoms with van der Waals surface area (Å²) in [5.41, 5.74) is 15.5. The number of fused-ring (bicyclic) bond motifs is 1. The van der Waals surface area contributed by atoms with Crippen LogP contribution < -0.4 is 16.2 Å². The van der Waals surface area contributed by atoms with Crippen molar-refractivity contribution < 1.29 is 4.74 Å². The Morgan fingerprint density at radius 2 is 2.00 bits per heavy atom. The lowest BCUT2D eigenvalue weighted by Gasteiger charge is -2.20. The van der Waals surface area contributed by atoms with Crippen LogP contribution in [0.3, 0.4) is 0 Å². The maximum absolute atomic E-state index is 5.98. The second-order valence-electron chi connectivity index (χ2n) is 5.88. The minimum absolute atomic E-state index is 0.119. The minimum atomic E-state index is -0.119. The van der Waals surface area contributed by atoms with Gasteiger partial charge in [0.1, 0.15) is 5.75 Å². The van der Waals surface area contributed by atoms with Gasteiger partial charge in [-0.25, -0.2) is 9.98 Å². The van der Waals surface area contributed by atoms with Gasteiger partial charge in [0.2, 0.25) is 5.96 Å².